The Morgan fingerprint density at radius 2 is 2.29 bits per heavy atom. The van der Waals surface area contributed by atoms with Crippen LogP contribution in [0.3, 0.4) is 0 Å². The van der Waals surface area contributed by atoms with Crippen molar-refractivity contribution in [2.45, 2.75) is 18.9 Å². The summed E-state index contributed by atoms with van der Waals surface area (Å²) < 4.78 is 11.2. The SMILES string of the molecule is [CH2]CC(O)CCF. The van der Waals surface area contributed by atoms with Crippen LogP contribution in [0.15, 0.2) is 0 Å². The van der Waals surface area contributed by atoms with Crippen molar-refractivity contribution in [2.75, 3.05) is 6.67 Å². The highest BCUT2D eigenvalue weighted by Crippen LogP contribution is 1.94. The minimum absolute atomic E-state index is 0.226. The summed E-state index contributed by atoms with van der Waals surface area (Å²) in [7, 11) is 0. The van der Waals surface area contributed by atoms with Crippen molar-refractivity contribution in [3.05, 3.63) is 6.92 Å². The van der Waals surface area contributed by atoms with Crippen molar-refractivity contribution in [3.8, 4) is 0 Å². The Hall–Kier alpha value is -0.110. The zero-order chi connectivity index (χ0) is 5.70. The monoisotopic (exact) mass is 105 g/mol. The van der Waals surface area contributed by atoms with Crippen molar-refractivity contribution in [1.82, 2.24) is 0 Å². The maximum Gasteiger partial charge on any atom is 0.0919 e. The molecular weight excluding hydrogens is 95.1 g/mol. The molecule has 7 heavy (non-hydrogen) atoms. The molecule has 0 aromatic rings. The van der Waals surface area contributed by atoms with Gasteiger partial charge in [-0.05, 0) is 6.42 Å². The molecule has 0 amide bonds. The number of hydrogen-bond acceptors (Lipinski definition) is 1. The summed E-state index contributed by atoms with van der Waals surface area (Å²) in [5, 5.41) is 8.56. The van der Waals surface area contributed by atoms with E-state index in [9.17, 15) is 4.39 Å². The number of rotatable bonds is 3. The van der Waals surface area contributed by atoms with Gasteiger partial charge in [0, 0.05) is 6.42 Å². The molecule has 0 saturated heterocycles. The molecule has 43 valence electrons. The Morgan fingerprint density at radius 1 is 1.71 bits per heavy atom. The number of hydrogen-bond donors (Lipinski definition) is 1. The van der Waals surface area contributed by atoms with Gasteiger partial charge in [-0.2, -0.15) is 0 Å². The van der Waals surface area contributed by atoms with Gasteiger partial charge in [0.25, 0.3) is 0 Å². The zero-order valence-electron chi connectivity index (χ0n) is 4.23. The summed E-state index contributed by atoms with van der Waals surface area (Å²) in [4.78, 5) is 0. The Balaban J connectivity index is 2.83. The number of alkyl halides is 1. The lowest BCUT2D eigenvalue weighted by atomic mass is 10.2. The van der Waals surface area contributed by atoms with Crippen molar-refractivity contribution in [3.63, 3.8) is 0 Å². The standard InChI is InChI=1S/C5H10FO/c1-2-5(7)3-4-6/h5,7H,1-4H2. The molecule has 1 unspecified atom stereocenters. The van der Waals surface area contributed by atoms with E-state index >= 15 is 0 Å². The minimum atomic E-state index is -0.537. The van der Waals surface area contributed by atoms with Crippen LogP contribution in [0.25, 0.3) is 0 Å². The molecular formula is C5H10FO. The second kappa shape index (κ2) is 4.06. The normalized spacial score (nSPS) is 14.1. The van der Waals surface area contributed by atoms with Gasteiger partial charge in [-0.25, -0.2) is 0 Å². The summed E-state index contributed by atoms with van der Waals surface area (Å²) in [5.41, 5.74) is 0. The first-order chi connectivity index (χ1) is 3.31. The quantitative estimate of drug-likeness (QED) is 0.566. The van der Waals surface area contributed by atoms with E-state index in [1.54, 1.807) is 0 Å². The summed E-state index contributed by atoms with van der Waals surface area (Å²) in [6.45, 7) is 2.94. The van der Waals surface area contributed by atoms with E-state index < -0.39 is 12.8 Å². The summed E-state index contributed by atoms with van der Waals surface area (Å²) in [6.07, 6.45) is 0.0953. The lowest BCUT2D eigenvalue weighted by Crippen LogP contribution is -2.04. The van der Waals surface area contributed by atoms with Gasteiger partial charge in [0.1, 0.15) is 0 Å². The Labute approximate surface area is 43.2 Å². The van der Waals surface area contributed by atoms with E-state index in [0.29, 0.717) is 6.42 Å². The highest BCUT2D eigenvalue weighted by molar-refractivity contribution is 4.54. The lowest BCUT2D eigenvalue weighted by molar-refractivity contribution is 0.156. The van der Waals surface area contributed by atoms with Gasteiger partial charge in [-0.1, -0.05) is 6.92 Å². The maximum atomic E-state index is 11.2. The first kappa shape index (κ1) is 6.89. The molecule has 1 nitrogen and oxygen atoms in total. The van der Waals surface area contributed by atoms with E-state index in [1.165, 1.54) is 0 Å². The van der Waals surface area contributed by atoms with Gasteiger partial charge in [0.2, 0.25) is 0 Å². The molecule has 2 heteroatoms. The molecule has 0 aliphatic heterocycles. The summed E-state index contributed by atoms with van der Waals surface area (Å²) >= 11 is 0. The predicted octanol–water partition coefficient (Wildman–Crippen LogP) is 0.931. The maximum absolute atomic E-state index is 11.2. The Bertz CT molecular complexity index is 39.1. The second-order valence-electron chi connectivity index (χ2n) is 1.42. The molecule has 0 aliphatic rings. The molecule has 0 aromatic carbocycles. The van der Waals surface area contributed by atoms with Crippen LogP contribution in [0.5, 0.6) is 0 Å². The third-order valence-corrected chi connectivity index (χ3v) is 0.776. The average Bonchev–Trinajstić information content (AvgIpc) is 1.68. The number of halogens is 1. The third kappa shape index (κ3) is 3.73. The van der Waals surface area contributed by atoms with E-state index in [4.69, 9.17) is 5.11 Å². The van der Waals surface area contributed by atoms with Gasteiger partial charge in [0.15, 0.2) is 0 Å². The van der Waals surface area contributed by atoms with Gasteiger partial charge >= 0.3 is 0 Å². The highest BCUT2D eigenvalue weighted by Gasteiger charge is 1.96. The molecule has 0 aromatic heterocycles. The van der Waals surface area contributed by atoms with Crippen LogP contribution in [-0.2, 0) is 0 Å². The Morgan fingerprint density at radius 3 is 2.43 bits per heavy atom. The van der Waals surface area contributed by atoms with E-state index in [1.807, 2.05) is 0 Å². The van der Waals surface area contributed by atoms with E-state index in [0.717, 1.165) is 0 Å². The van der Waals surface area contributed by atoms with E-state index in [-0.39, 0.29) is 6.42 Å². The molecule has 0 fully saturated rings. The van der Waals surface area contributed by atoms with Crippen LogP contribution in [-0.4, -0.2) is 17.9 Å². The van der Waals surface area contributed by atoms with Crippen molar-refractivity contribution in [1.29, 1.82) is 0 Å². The molecule has 0 rings (SSSR count). The van der Waals surface area contributed by atoms with Crippen LogP contribution in [0, 0.1) is 6.92 Å². The van der Waals surface area contributed by atoms with Crippen LogP contribution in [0.4, 0.5) is 4.39 Å². The predicted molar refractivity (Wildman–Crippen MR) is 26.6 cm³/mol. The van der Waals surface area contributed by atoms with Crippen molar-refractivity contribution in [2.24, 2.45) is 0 Å². The molecule has 0 bridgehead atoms. The van der Waals surface area contributed by atoms with Crippen LogP contribution >= 0.6 is 0 Å². The third-order valence-electron chi connectivity index (χ3n) is 0.776. The van der Waals surface area contributed by atoms with Crippen molar-refractivity contribution < 1.29 is 9.50 Å². The van der Waals surface area contributed by atoms with Gasteiger partial charge in [0.05, 0.1) is 12.8 Å². The molecule has 0 saturated carbocycles. The fourth-order valence-corrected chi connectivity index (χ4v) is 0.270. The molecule has 0 heterocycles. The average molecular weight is 105 g/mol. The second-order valence-corrected chi connectivity index (χ2v) is 1.42. The fraction of sp³-hybridized carbons (Fsp3) is 0.800. The van der Waals surface area contributed by atoms with Gasteiger partial charge in [-0.15, -0.1) is 0 Å². The molecule has 1 N–H and O–H groups in total. The fourth-order valence-electron chi connectivity index (χ4n) is 0.270. The minimum Gasteiger partial charge on any atom is -0.393 e. The van der Waals surface area contributed by atoms with Gasteiger partial charge in [-0.3, -0.25) is 4.39 Å². The first-order valence-corrected chi connectivity index (χ1v) is 2.34. The molecule has 0 spiro atoms. The molecule has 1 radical (unpaired) electrons. The lowest BCUT2D eigenvalue weighted by Gasteiger charge is -2.00. The molecule has 0 aliphatic carbocycles. The van der Waals surface area contributed by atoms with Crippen LogP contribution in [0.1, 0.15) is 12.8 Å². The number of aliphatic hydroxyl groups excluding tert-OH is 1. The number of aliphatic hydroxyl groups is 1. The van der Waals surface area contributed by atoms with E-state index in [2.05, 4.69) is 6.92 Å². The van der Waals surface area contributed by atoms with Gasteiger partial charge < -0.3 is 5.11 Å². The smallest absolute Gasteiger partial charge is 0.0919 e. The van der Waals surface area contributed by atoms with Crippen molar-refractivity contribution >= 4 is 0 Å². The topological polar surface area (TPSA) is 20.2 Å². The summed E-state index contributed by atoms with van der Waals surface area (Å²) in [6, 6.07) is 0. The summed E-state index contributed by atoms with van der Waals surface area (Å²) in [5.74, 6) is 0. The zero-order valence-corrected chi connectivity index (χ0v) is 4.23. The van der Waals surface area contributed by atoms with Crippen LogP contribution in [0.2, 0.25) is 0 Å². The van der Waals surface area contributed by atoms with Crippen LogP contribution < -0.4 is 0 Å². The largest absolute Gasteiger partial charge is 0.393 e. The first-order valence-electron chi connectivity index (χ1n) is 2.34. The highest BCUT2D eigenvalue weighted by atomic mass is 19.1. The Kier molecular flexibility index (Phi) is 4.00. The molecule has 1 atom stereocenters.